The van der Waals surface area contributed by atoms with Gasteiger partial charge in [0.1, 0.15) is 0 Å². The highest BCUT2D eigenvalue weighted by molar-refractivity contribution is 5.91. The maximum absolute atomic E-state index is 11.8. The Morgan fingerprint density at radius 2 is 2.20 bits per heavy atom. The van der Waals surface area contributed by atoms with Crippen molar-refractivity contribution in [3.63, 3.8) is 0 Å². The Hall–Kier alpha value is -1.77. The molecule has 1 amide bonds. The van der Waals surface area contributed by atoms with Crippen LogP contribution in [0.2, 0.25) is 0 Å². The lowest BCUT2D eigenvalue weighted by Gasteiger charge is -2.14. The molecule has 0 fully saturated rings. The van der Waals surface area contributed by atoms with Crippen LogP contribution in [0.5, 0.6) is 0 Å². The summed E-state index contributed by atoms with van der Waals surface area (Å²) in [5.41, 5.74) is 7.34. The van der Waals surface area contributed by atoms with Crippen molar-refractivity contribution in [1.82, 2.24) is 5.32 Å². The van der Waals surface area contributed by atoms with Gasteiger partial charge in [-0.05, 0) is 36.1 Å². The predicted octanol–water partition coefficient (Wildman–Crippen LogP) is 3.61. The normalized spacial score (nSPS) is 12.5. The van der Waals surface area contributed by atoms with Gasteiger partial charge in [-0.1, -0.05) is 45.2 Å². The first-order valence-corrected chi connectivity index (χ1v) is 7.47. The third-order valence-corrected chi connectivity index (χ3v) is 3.45. The molecule has 0 aliphatic heterocycles. The largest absolute Gasteiger partial charge is 0.399 e. The van der Waals surface area contributed by atoms with E-state index in [0.717, 1.165) is 18.5 Å². The molecule has 0 saturated carbocycles. The monoisotopic (exact) mass is 274 g/mol. The fourth-order valence-electron chi connectivity index (χ4n) is 2.08. The van der Waals surface area contributed by atoms with Gasteiger partial charge in [-0.15, -0.1) is 0 Å². The molecule has 1 rings (SSSR count). The number of rotatable bonds is 8. The lowest BCUT2D eigenvalue weighted by molar-refractivity contribution is -0.116. The summed E-state index contributed by atoms with van der Waals surface area (Å²) in [5, 5.41) is 2.97. The van der Waals surface area contributed by atoms with Crippen molar-refractivity contribution in [2.24, 2.45) is 5.92 Å². The summed E-state index contributed by atoms with van der Waals surface area (Å²) in [6.07, 6.45) is 8.10. The van der Waals surface area contributed by atoms with E-state index in [4.69, 9.17) is 5.73 Å². The maximum Gasteiger partial charge on any atom is 0.244 e. The Morgan fingerprint density at radius 1 is 1.40 bits per heavy atom. The number of nitrogens with two attached hydrogens (primary N) is 1. The van der Waals surface area contributed by atoms with Gasteiger partial charge in [0, 0.05) is 18.3 Å². The van der Waals surface area contributed by atoms with Crippen molar-refractivity contribution in [2.45, 2.75) is 39.5 Å². The summed E-state index contributed by atoms with van der Waals surface area (Å²) in [4.78, 5) is 11.8. The van der Waals surface area contributed by atoms with E-state index in [2.05, 4.69) is 19.2 Å². The van der Waals surface area contributed by atoms with Gasteiger partial charge in [-0.25, -0.2) is 0 Å². The van der Waals surface area contributed by atoms with Crippen LogP contribution in [0.1, 0.15) is 45.1 Å². The van der Waals surface area contributed by atoms with Gasteiger partial charge >= 0.3 is 0 Å². The van der Waals surface area contributed by atoms with Gasteiger partial charge in [-0.2, -0.15) is 0 Å². The average Bonchev–Trinajstić information content (AvgIpc) is 2.45. The zero-order chi connectivity index (χ0) is 14.8. The topological polar surface area (TPSA) is 55.1 Å². The molecule has 0 heterocycles. The van der Waals surface area contributed by atoms with Crippen molar-refractivity contribution in [3.05, 3.63) is 35.9 Å². The number of carbonyl (C=O) groups is 1. The summed E-state index contributed by atoms with van der Waals surface area (Å²) < 4.78 is 0. The molecule has 1 atom stereocenters. The molecule has 0 aliphatic carbocycles. The highest BCUT2D eigenvalue weighted by Crippen LogP contribution is 2.11. The Morgan fingerprint density at radius 3 is 2.85 bits per heavy atom. The Labute approximate surface area is 122 Å². The molecule has 1 aromatic rings. The van der Waals surface area contributed by atoms with Gasteiger partial charge in [0.2, 0.25) is 5.91 Å². The number of hydrogen-bond acceptors (Lipinski definition) is 2. The summed E-state index contributed by atoms with van der Waals surface area (Å²) >= 11 is 0. The van der Waals surface area contributed by atoms with Gasteiger partial charge < -0.3 is 11.1 Å². The van der Waals surface area contributed by atoms with Crippen molar-refractivity contribution in [2.75, 3.05) is 12.3 Å². The molecule has 0 saturated heterocycles. The summed E-state index contributed by atoms with van der Waals surface area (Å²) in [6, 6.07) is 7.48. The molecular formula is C17H26N2O. The third kappa shape index (κ3) is 6.41. The van der Waals surface area contributed by atoms with Gasteiger partial charge in [-0.3, -0.25) is 4.79 Å². The number of hydrogen-bond donors (Lipinski definition) is 2. The van der Waals surface area contributed by atoms with E-state index in [1.807, 2.05) is 24.3 Å². The van der Waals surface area contributed by atoms with Crippen LogP contribution in [0.15, 0.2) is 30.3 Å². The molecule has 3 N–H and O–H groups in total. The van der Waals surface area contributed by atoms with Crippen molar-refractivity contribution < 1.29 is 4.79 Å². The van der Waals surface area contributed by atoms with Crippen LogP contribution < -0.4 is 11.1 Å². The van der Waals surface area contributed by atoms with Crippen LogP contribution in [-0.2, 0) is 4.79 Å². The van der Waals surface area contributed by atoms with Crippen LogP contribution in [0.4, 0.5) is 5.69 Å². The molecule has 0 radical (unpaired) electrons. The molecule has 1 aromatic carbocycles. The van der Waals surface area contributed by atoms with E-state index in [1.54, 1.807) is 12.2 Å². The third-order valence-electron chi connectivity index (χ3n) is 3.45. The fourth-order valence-corrected chi connectivity index (χ4v) is 2.08. The minimum absolute atomic E-state index is 0.0395. The van der Waals surface area contributed by atoms with Crippen LogP contribution in [0.3, 0.4) is 0 Å². The van der Waals surface area contributed by atoms with Crippen molar-refractivity contribution in [3.8, 4) is 0 Å². The van der Waals surface area contributed by atoms with E-state index in [-0.39, 0.29) is 5.91 Å². The maximum atomic E-state index is 11.8. The first-order chi connectivity index (χ1) is 9.65. The number of anilines is 1. The Kier molecular flexibility index (Phi) is 7.48. The quantitative estimate of drug-likeness (QED) is 0.562. The second kappa shape index (κ2) is 9.18. The molecule has 0 spiro atoms. The van der Waals surface area contributed by atoms with Crippen LogP contribution in [0.25, 0.3) is 6.08 Å². The van der Waals surface area contributed by atoms with E-state index < -0.39 is 0 Å². The molecule has 0 aliphatic rings. The van der Waals surface area contributed by atoms with Crippen molar-refractivity contribution in [1.29, 1.82) is 0 Å². The lowest BCUT2D eigenvalue weighted by atomic mass is 9.99. The zero-order valence-corrected chi connectivity index (χ0v) is 12.6. The fraction of sp³-hybridized carbons (Fsp3) is 0.471. The summed E-state index contributed by atoms with van der Waals surface area (Å²) in [5.74, 6) is 0.544. The highest BCUT2D eigenvalue weighted by atomic mass is 16.1. The SMILES string of the molecule is CCCCC(CC)CNC(=O)/C=C/c1cccc(N)c1. The number of amides is 1. The van der Waals surface area contributed by atoms with Gasteiger partial charge in [0.05, 0.1) is 0 Å². The molecule has 110 valence electrons. The molecule has 3 nitrogen and oxygen atoms in total. The van der Waals surface area contributed by atoms with E-state index in [0.29, 0.717) is 11.6 Å². The van der Waals surface area contributed by atoms with Gasteiger partial charge in [0.25, 0.3) is 0 Å². The summed E-state index contributed by atoms with van der Waals surface area (Å²) in [7, 11) is 0. The number of carbonyl (C=O) groups excluding carboxylic acids is 1. The number of nitrogen functional groups attached to an aromatic ring is 1. The number of unbranched alkanes of at least 4 members (excludes halogenated alkanes) is 1. The van der Waals surface area contributed by atoms with E-state index in [1.165, 1.54) is 19.3 Å². The number of nitrogens with one attached hydrogen (secondary N) is 1. The minimum Gasteiger partial charge on any atom is -0.399 e. The summed E-state index contributed by atoms with van der Waals surface area (Å²) in [6.45, 7) is 5.13. The van der Waals surface area contributed by atoms with Gasteiger partial charge in [0.15, 0.2) is 0 Å². The van der Waals surface area contributed by atoms with E-state index >= 15 is 0 Å². The van der Waals surface area contributed by atoms with Crippen LogP contribution in [-0.4, -0.2) is 12.5 Å². The van der Waals surface area contributed by atoms with E-state index in [9.17, 15) is 4.79 Å². The first-order valence-electron chi connectivity index (χ1n) is 7.47. The smallest absolute Gasteiger partial charge is 0.244 e. The van der Waals surface area contributed by atoms with Crippen LogP contribution in [0, 0.1) is 5.92 Å². The molecule has 3 heteroatoms. The lowest BCUT2D eigenvalue weighted by Crippen LogP contribution is -2.27. The molecule has 20 heavy (non-hydrogen) atoms. The second-order valence-electron chi connectivity index (χ2n) is 5.17. The second-order valence-corrected chi connectivity index (χ2v) is 5.17. The minimum atomic E-state index is -0.0395. The zero-order valence-electron chi connectivity index (χ0n) is 12.6. The molecule has 0 aromatic heterocycles. The average molecular weight is 274 g/mol. The van der Waals surface area contributed by atoms with Crippen molar-refractivity contribution >= 4 is 17.7 Å². The predicted molar refractivity (Wildman–Crippen MR) is 86.2 cm³/mol. The molecule has 0 bridgehead atoms. The standard InChI is InChI=1S/C17H26N2O/c1-3-5-7-14(4-2)13-19-17(20)11-10-15-8-6-9-16(18)12-15/h6,8-12,14H,3-5,7,13,18H2,1-2H3,(H,19,20)/b11-10+. The van der Waals surface area contributed by atoms with Crippen LogP contribution >= 0.6 is 0 Å². The number of benzene rings is 1. The Balaban J connectivity index is 2.39. The molecular weight excluding hydrogens is 248 g/mol. The highest BCUT2D eigenvalue weighted by Gasteiger charge is 2.06. The first kappa shape index (κ1) is 16.3. The Bertz CT molecular complexity index is 440. The molecule has 1 unspecified atom stereocenters.